The third-order valence-electron chi connectivity index (χ3n) is 3.04. The molecule has 0 aliphatic heterocycles. The van der Waals surface area contributed by atoms with E-state index in [1.165, 1.54) is 13.2 Å². The summed E-state index contributed by atoms with van der Waals surface area (Å²) in [5.41, 5.74) is 7.39. The summed E-state index contributed by atoms with van der Waals surface area (Å²) >= 11 is 0. The molecule has 20 heavy (non-hydrogen) atoms. The van der Waals surface area contributed by atoms with E-state index in [-0.39, 0.29) is 11.8 Å². The van der Waals surface area contributed by atoms with Crippen LogP contribution in [0, 0.1) is 5.82 Å². The van der Waals surface area contributed by atoms with Crippen LogP contribution < -0.4 is 10.5 Å². The van der Waals surface area contributed by atoms with Gasteiger partial charge in [-0.3, -0.25) is 0 Å². The average Bonchev–Trinajstić information content (AvgIpc) is 2.94. The lowest BCUT2D eigenvalue weighted by Gasteiger charge is -2.07. The SMILES string of the molecule is COCCC(N)c1ncc(-c2ccc(OC)c(F)c2)[nH]1. The largest absolute Gasteiger partial charge is 0.494 e. The number of hydrogen-bond donors (Lipinski definition) is 2. The predicted octanol–water partition coefficient (Wildman–Crippen LogP) is 2.26. The molecule has 6 heteroatoms. The normalized spacial score (nSPS) is 12.4. The number of ether oxygens (including phenoxy) is 2. The van der Waals surface area contributed by atoms with E-state index in [2.05, 4.69) is 9.97 Å². The first-order valence-electron chi connectivity index (χ1n) is 6.29. The molecule has 0 amide bonds. The second kappa shape index (κ2) is 6.49. The van der Waals surface area contributed by atoms with Gasteiger partial charge in [-0.15, -0.1) is 0 Å². The smallest absolute Gasteiger partial charge is 0.165 e. The number of rotatable bonds is 6. The minimum absolute atomic E-state index is 0.213. The second-order valence-electron chi connectivity index (χ2n) is 4.42. The van der Waals surface area contributed by atoms with Crippen molar-refractivity contribution in [3.8, 4) is 17.0 Å². The minimum atomic E-state index is -0.412. The van der Waals surface area contributed by atoms with Gasteiger partial charge in [0.05, 0.1) is 25.0 Å². The van der Waals surface area contributed by atoms with E-state index in [1.807, 2.05) is 0 Å². The van der Waals surface area contributed by atoms with Gasteiger partial charge in [0.25, 0.3) is 0 Å². The minimum Gasteiger partial charge on any atom is -0.494 e. The van der Waals surface area contributed by atoms with Crippen molar-refractivity contribution in [2.45, 2.75) is 12.5 Å². The number of nitrogens with zero attached hydrogens (tertiary/aromatic N) is 1. The molecule has 0 aliphatic rings. The van der Waals surface area contributed by atoms with Gasteiger partial charge in [-0.1, -0.05) is 0 Å². The number of imidazole rings is 1. The van der Waals surface area contributed by atoms with E-state index in [1.54, 1.807) is 25.4 Å². The van der Waals surface area contributed by atoms with Crippen molar-refractivity contribution in [3.63, 3.8) is 0 Å². The first kappa shape index (κ1) is 14.5. The molecule has 1 unspecified atom stereocenters. The van der Waals surface area contributed by atoms with Crippen LogP contribution in [0.3, 0.4) is 0 Å². The van der Waals surface area contributed by atoms with Gasteiger partial charge in [-0.05, 0) is 24.6 Å². The summed E-state index contributed by atoms with van der Waals surface area (Å²) in [6, 6.07) is 4.51. The molecule has 0 spiro atoms. The Morgan fingerprint density at radius 1 is 1.40 bits per heavy atom. The van der Waals surface area contributed by atoms with Crippen molar-refractivity contribution in [3.05, 3.63) is 36.0 Å². The number of halogens is 1. The number of aromatic nitrogens is 2. The number of aromatic amines is 1. The first-order chi connectivity index (χ1) is 9.65. The Balaban J connectivity index is 2.18. The van der Waals surface area contributed by atoms with Crippen molar-refractivity contribution in [2.75, 3.05) is 20.8 Å². The molecule has 0 saturated heterocycles. The highest BCUT2D eigenvalue weighted by atomic mass is 19.1. The molecule has 108 valence electrons. The molecular weight excluding hydrogens is 261 g/mol. The Bertz CT molecular complexity index is 571. The molecule has 0 saturated carbocycles. The van der Waals surface area contributed by atoms with E-state index in [0.29, 0.717) is 24.4 Å². The zero-order chi connectivity index (χ0) is 14.5. The topological polar surface area (TPSA) is 73.2 Å². The van der Waals surface area contributed by atoms with Gasteiger partial charge in [0.1, 0.15) is 5.82 Å². The van der Waals surface area contributed by atoms with E-state index < -0.39 is 5.82 Å². The van der Waals surface area contributed by atoms with Crippen LogP contribution in [-0.4, -0.2) is 30.8 Å². The molecule has 3 N–H and O–H groups in total. The van der Waals surface area contributed by atoms with Gasteiger partial charge in [-0.2, -0.15) is 0 Å². The van der Waals surface area contributed by atoms with Gasteiger partial charge in [0, 0.05) is 19.3 Å². The maximum absolute atomic E-state index is 13.7. The Morgan fingerprint density at radius 3 is 2.85 bits per heavy atom. The maximum Gasteiger partial charge on any atom is 0.165 e. The molecule has 0 aliphatic carbocycles. The molecule has 2 aromatic rings. The lowest BCUT2D eigenvalue weighted by molar-refractivity contribution is 0.187. The highest BCUT2D eigenvalue weighted by molar-refractivity contribution is 5.60. The van der Waals surface area contributed by atoms with E-state index in [0.717, 1.165) is 5.69 Å². The molecule has 5 nitrogen and oxygen atoms in total. The number of benzene rings is 1. The van der Waals surface area contributed by atoms with Gasteiger partial charge in [0.2, 0.25) is 0 Å². The molecule has 0 fully saturated rings. The summed E-state index contributed by atoms with van der Waals surface area (Å²) in [5.74, 6) is 0.461. The number of nitrogens with one attached hydrogen (secondary N) is 1. The molecule has 1 heterocycles. The number of methoxy groups -OCH3 is 2. The van der Waals surface area contributed by atoms with Gasteiger partial charge < -0.3 is 20.2 Å². The molecule has 1 atom stereocenters. The summed E-state index contributed by atoms with van der Waals surface area (Å²) in [6.45, 7) is 0.564. The first-order valence-corrected chi connectivity index (χ1v) is 6.29. The zero-order valence-corrected chi connectivity index (χ0v) is 11.5. The quantitative estimate of drug-likeness (QED) is 0.850. The lowest BCUT2D eigenvalue weighted by atomic mass is 10.1. The van der Waals surface area contributed by atoms with Crippen LogP contribution in [0.1, 0.15) is 18.3 Å². The van der Waals surface area contributed by atoms with E-state index in [4.69, 9.17) is 15.2 Å². The lowest BCUT2D eigenvalue weighted by Crippen LogP contribution is -2.14. The fourth-order valence-corrected chi connectivity index (χ4v) is 1.89. The summed E-state index contributed by atoms with van der Waals surface area (Å²) in [4.78, 5) is 7.33. The number of H-pyrrole nitrogens is 1. The monoisotopic (exact) mass is 279 g/mol. The fourth-order valence-electron chi connectivity index (χ4n) is 1.89. The number of nitrogens with two attached hydrogens (primary N) is 1. The Hall–Kier alpha value is -1.92. The molecule has 0 bridgehead atoms. The predicted molar refractivity (Wildman–Crippen MR) is 74.0 cm³/mol. The van der Waals surface area contributed by atoms with Crippen LogP contribution in [0.2, 0.25) is 0 Å². The van der Waals surface area contributed by atoms with Crippen LogP contribution >= 0.6 is 0 Å². The highest BCUT2D eigenvalue weighted by Crippen LogP contribution is 2.25. The van der Waals surface area contributed by atoms with Crippen LogP contribution in [0.4, 0.5) is 4.39 Å². The van der Waals surface area contributed by atoms with Crippen LogP contribution in [0.25, 0.3) is 11.3 Å². The third kappa shape index (κ3) is 3.15. The fraction of sp³-hybridized carbons (Fsp3) is 0.357. The summed E-state index contributed by atoms with van der Waals surface area (Å²) in [7, 11) is 3.06. The molecular formula is C14H18FN3O2. The van der Waals surface area contributed by atoms with Crippen molar-refractivity contribution < 1.29 is 13.9 Å². The van der Waals surface area contributed by atoms with Crippen molar-refractivity contribution in [1.29, 1.82) is 0 Å². The summed E-state index contributed by atoms with van der Waals surface area (Å²) in [6.07, 6.45) is 2.31. The third-order valence-corrected chi connectivity index (χ3v) is 3.04. The van der Waals surface area contributed by atoms with Gasteiger partial charge >= 0.3 is 0 Å². The molecule has 2 rings (SSSR count). The highest BCUT2D eigenvalue weighted by Gasteiger charge is 2.12. The summed E-state index contributed by atoms with van der Waals surface area (Å²) in [5, 5.41) is 0. The van der Waals surface area contributed by atoms with Crippen molar-refractivity contribution in [1.82, 2.24) is 9.97 Å². The van der Waals surface area contributed by atoms with Crippen LogP contribution in [0.5, 0.6) is 5.75 Å². The molecule has 1 aromatic carbocycles. The Kier molecular flexibility index (Phi) is 4.70. The molecule has 0 radical (unpaired) electrons. The van der Waals surface area contributed by atoms with Crippen LogP contribution in [0.15, 0.2) is 24.4 Å². The van der Waals surface area contributed by atoms with E-state index >= 15 is 0 Å². The maximum atomic E-state index is 13.7. The summed E-state index contributed by atoms with van der Waals surface area (Å²) < 4.78 is 23.5. The second-order valence-corrected chi connectivity index (χ2v) is 4.42. The Labute approximate surface area is 116 Å². The van der Waals surface area contributed by atoms with Crippen molar-refractivity contribution >= 4 is 0 Å². The number of hydrogen-bond acceptors (Lipinski definition) is 4. The van der Waals surface area contributed by atoms with E-state index in [9.17, 15) is 4.39 Å². The zero-order valence-electron chi connectivity index (χ0n) is 11.5. The molecule has 1 aromatic heterocycles. The van der Waals surface area contributed by atoms with Gasteiger partial charge in [0.15, 0.2) is 11.6 Å². The van der Waals surface area contributed by atoms with Crippen molar-refractivity contribution in [2.24, 2.45) is 5.73 Å². The standard InChI is InChI=1S/C14H18FN3O2/c1-19-6-5-11(16)14-17-8-12(18-14)9-3-4-13(20-2)10(15)7-9/h3-4,7-8,11H,5-6,16H2,1-2H3,(H,17,18). The Morgan fingerprint density at radius 2 is 2.20 bits per heavy atom. The average molecular weight is 279 g/mol. The van der Waals surface area contributed by atoms with Gasteiger partial charge in [-0.25, -0.2) is 9.37 Å². The van der Waals surface area contributed by atoms with Crippen LogP contribution in [-0.2, 0) is 4.74 Å².